The van der Waals surface area contributed by atoms with E-state index in [1.54, 1.807) is 97.1 Å². The molecule has 3 aromatic heterocycles. The lowest BCUT2D eigenvalue weighted by Crippen LogP contribution is -2.14. The van der Waals surface area contributed by atoms with Gasteiger partial charge in [0.25, 0.3) is 0 Å². The molecule has 0 aliphatic heterocycles. The average molecular weight is 1500 g/mol. The van der Waals surface area contributed by atoms with Crippen LogP contribution in [0.25, 0.3) is 0 Å². The Morgan fingerprint density at radius 1 is 0.404 bits per heavy atom. The summed E-state index contributed by atoms with van der Waals surface area (Å²) >= 11 is 0. The standard InChI is InChI=1S/2C27H31F2N5O3.C26H26F2N4O3/c1-18(17-34(2)3)13-22(35)14-19-5-7-20(8-6-19)31-26-24(29)16-30-27(33-26)32-21-9-10-25(23(28)15-21)37-12-11-36-4;1-18(17-34(2)3)12-22(35)14-19-6-5-7-20(13-19)31-26-24(29)16-30-27(33-26)32-21-8-9-25(23(28)15-21)37-11-10-36-4;1-34-10-11-35-24-9-8-20(15-22(24)27)31-26-29-16-23(28)25(32-26)30-19-7-3-6-18(12-19)14-21(33)13-17-4-2-5-17/h5-10,13,15-16H,11-12,14,17H2,1-4H3,(H2,30,31,32,33);5-9,12-13,15-16H,10-11,14,17H2,1-4H3,(H2,30,31,32,33);3,6-9,12-13,15-16H,2,4-5,10-11,14H2,1H3,(H2,29,30,31,32)/b18-13+;18-12+;. The molecule has 10 rings (SSSR count). The third kappa shape index (κ3) is 28.6. The lowest BCUT2D eigenvalue weighted by Gasteiger charge is -2.15. The van der Waals surface area contributed by atoms with Crippen LogP contribution in [-0.4, -0.2) is 159 Å². The molecule has 0 bridgehead atoms. The lowest BCUT2D eigenvalue weighted by molar-refractivity contribution is -0.114. The Morgan fingerprint density at radius 2 is 0.743 bits per heavy atom. The number of methoxy groups -OCH3 is 3. The van der Waals surface area contributed by atoms with Gasteiger partial charge in [-0.05, 0) is 169 Å². The van der Waals surface area contributed by atoms with Gasteiger partial charge in [0.15, 0.2) is 87.0 Å². The number of hydrogen-bond donors (Lipinski definition) is 6. The Bertz CT molecular complexity index is 4620. The zero-order valence-electron chi connectivity index (χ0n) is 62.0. The van der Waals surface area contributed by atoms with E-state index in [9.17, 15) is 40.7 Å². The molecule has 0 atom stereocenters. The van der Waals surface area contributed by atoms with Crippen molar-refractivity contribution in [2.45, 2.75) is 52.4 Å². The smallest absolute Gasteiger partial charge is 0.229 e. The molecule has 0 unspecified atom stereocenters. The van der Waals surface area contributed by atoms with Crippen LogP contribution in [0.5, 0.6) is 17.2 Å². The van der Waals surface area contributed by atoms with Crippen molar-refractivity contribution in [3.63, 3.8) is 0 Å². The molecule has 0 radical (unpaired) electrons. The minimum atomic E-state index is -0.664. The first-order valence-electron chi connectivity index (χ1n) is 34.6. The van der Waals surface area contributed by atoms with Crippen molar-refractivity contribution in [3.05, 3.63) is 233 Å². The molecule has 1 aliphatic rings. The Labute approximate surface area is 629 Å². The molecule has 0 amide bonds. The third-order valence-corrected chi connectivity index (χ3v) is 15.5. The van der Waals surface area contributed by atoms with Gasteiger partial charge < -0.3 is 70.1 Å². The number of hydrogen-bond acceptors (Lipinski definition) is 23. The summed E-state index contributed by atoms with van der Waals surface area (Å²) in [6.07, 6.45) is 12.0. The van der Waals surface area contributed by atoms with Gasteiger partial charge in [-0.2, -0.15) is 15.0 Å². The molecule has 6 aromatic carbocycles. The first kappa shape index (κ1) is 83.0. The largest absolute Gasteiger partial charge is 0.488 e. The van der Waals surface area contributed by atoms with Crippen LogP contribution in [0, 0.1) is 34.9 Å². The molecular formula is C80H88F6N14O9. The zero-order chi connectivity index (χ0) is 78.2. The molecule has 574 valence electrons. The number of ketones is 3. The van der Waals surface area contributed by atoms with Crippen molar-refractivity contribution in [2.24, 2.45) is 0 Å². The molecule has 109 heavy (non-hydrogen) atoms. The Hall–Kier alpha value is -11.6. The van der Waals surface area contributed by atoms with Crippen LogP contribution in [-0.2, 0) is 47.9 Å². The fraction of sp³-hybridized carbons (Fsp3) is 0.287. The van der Waals surface area contributed by atoms with Gasteiger partial charge in [0, 0.05) is 106 Å². The van der Waals surface area contributed by atoms with Crippen molar-refractivity contribution in [2.75, 3.05) is 134 Å². The molecule has 1 fully saturated rings. The molecule has 1 saturated carbocycles. The van der Waals surface area contributed by atoms with E-state index < -0.39 is 34.9 Å². The molecule has 29 heteroatoms. The average Bonchev–Trinajstić information content (AvgIpc) is 0.841. The van der Waals surface area contributed by atoms with Gasteiger partial charge >= 0.3 is 0 Å². The van der Waals surface area contributed by atoms with E-state index in [4.69, 9.17) is 28.4 Å². The molecule has 23 nitrogen and oxygen atoms in total. The summed E-state index contributed by atoms with van der Waals surface area (Å²) in [5, 5.41) is 17.3. The lowest BCUT2D eigenvalue weighted by atomic mass is 9.91. The van der Waals surface area contributed by atoms with Crippen LogP contribution < -0.4 is 46.1 Å². The Morgan fingerprint density at radius 3 is 1.08 bits per heavy atom. The molecule has 1 aliphatic carbocycles. The number of rotatable bonds is 37. The highest BCUT2D eigenvalue weighted by Gasteiger charge is 2.17. The van der Waals surface area contributed by atoms with Gasteiger partial charge in [0.05, 0.1) is 38.4 Å². The number of ether oxygens (including phenoxy) is 6. The topological polar surface area (TPSA) is 263 Å². The van der Waals surface area contributed by atoms with E-state index >= 15 is 0 Å². The maximum atomic E-state index is 14.4. The maximum absolute atomic E-state index is 14.4. The Balaban J connectivity index is 0.000000206. The van der Waals surface area contributed by atoms with E-state index in [1.165, 1.54) is 63.3 Å². The van der Waals surface area contributed by atoms with E-state index in [0.717, 1.165) is 72.2 Å². The minimum Gasteiger partial charge on any atom is -0.488 e. The normalized spacial score (nSPS) is 11.8. The number of aromatic nitrogens is 6. The van der Waals surface area contributed by atoms with E-state index in [1.807, 2.05) is 64.0 Å². The number of nitrogens with zero attached hydrogens (tertiary/aromatic N) is 8. The number of halogens is 6. The SMILES string of the molecule is COCCOc1ccc(Nc2ncc(F)c(Nc3ccc(CC(=O)/C=C(\C)CN(C)C)cc3)n2)cc1F.COCCOc1ccc(Nc2ncc(F)c(Nc3cccc(CC(=O)/C=C(\C)CN(C)C)c3)n2)cc1F.COCCOc1ccc(Nc2ncc(F)c(Nc3cccc(CC(=O)C=C4CCC4)c3)n2)cc1F. The van der Waals surface area contributed by atoms with Gasteiger partial charge in [-0.15, -0.1) is 0 Å². The van der Waals surface area contributed by atoms with Crippen molar-refractivity contribution in [1.82, 2.24) is 39.7 Å². The predicted molar refractivity (Wildman–Crippen MR) is 409 cm³/mol. The monoisotopic (exact) mass is 1500 g/mol. The molecule has 6 N–H and O–H groups in total. The highest BCUT2D eigenvalue weighted by atomic mass is 19.1. The highest BCUT2D eigenvalue weighted by Crippen LogP contribution is 2.31. The number of likely N-dealkylation sites (N-methyl/N-ethyl adjacent to an activating group) is 2. The summed E-state index contributed by atoms with van der Waals surface area (Å²) in [7, 11) is 12.4. The number of carbonyl (C=O) groups is 3. The van der Waals surface area contributed by atoms with Crippen molar-refractivity contribution >= 4 is 86.8 Å². The van der Waals surface area contributed by atoms with E-state index in [0.29, 0.717) is 60.5 Å². The zero-order valence-corrected chi connectivity index (χ0v) is 62.0. The summed E-state index contributed by atoms with van der Waals surface area (Å²) in [6.45, 7) is 6.96. The van der Waals surface area contributed by atoms with Gasteiger partial charge in [0.1, 0.15) is 19.8 Å². The number of allylic oxidation sites excluding steroid dienone is 4. The van der Waals surface area contributed by atoms with Crippen LogP contribution in [0.3, 0.4) is 0 Å². The van der Waals surface area contributed by atoms with Gasteiger partial charge in [-0.25, -0.2) is 41.3 Å². The first-order valence-corrected chi connectivity index (χ1v) is 34.6. The van der Waals surface area contributed by atoms with Crippen LogP contribution in [0.4, 0.5) is 95.8 Å². The van der Waals surface area contributed by atoms with Gasteiger partial charge in [-0.3, -0.25) is 14.4 Å². The molecular weight excluding hydrogens is 1410 g/mol. The third-order valence-electron chi connectivity index (χ3n) is 15.5. The quantitative estimate of drug-likeness (QED) is 0.0120. The molecule has 9 aromatic rings. The second-order valence-electron chi connectivity index (χ2n) is 25.5. The van der Waals surface area contributed by atoms with Crippen LogP contribution in [0.15, 0.2) is 181 Å². The summed E-state index contributed by atoms with van der Waals surface area (Å²) in [5.74, 6) is -3.27. The second-order valence-corrected chi connectivity index (χ2v) is 25.5. The molecule has 0 spiro atoms. The first-order chi connectivity index (χ1) is 52.5. The van der Waals surface area contributed by atoms with Crippen molar-refractivity contribution < 1.29 is 69.1 Å². The number of carbonyl (C=O) groups excluding carboxylic acids is 3. The number of anilines is 12. The fourth-order valence-corrected chi connectivity index (χ4v) is 10.5. The molecule has 0 saturated heterocycles. The Kier molecular flexibility index (Phi) is 32.5. The van der Waals surface area contributed by atoms with Crippen LogP contribution in [0.2, 0.25) is 0 Å². The maximum Gasteiger partial charge on any atom is 0.229 e. The predicted octanol–water partition coefficient (Wildman–Crippen LogP) is 15.3. The number of nitrogens with one attached hydrogen (secondary N) is 6. The molecule has 3 heterocycles. The summed E-state index contributed by atoms with van der Waals surface area (Å²) in [6, 6.07) is 34.3. The van der Waals surface area contributed by atoms with Gasteiger partial charge in [0.2, 0.25) is 17.8 Å². The van der Waals surface area contributed by atoms with Crippen molar-refractivity contribution in [1.29, 1.82) is 0 Å². The number of benzene rings is 6. The van der Waals surface area contributed by atoms with Crippen LogP contribution in [0.1, 0.15) is 49.8 Å². The fourth-order valence-electron chi connectivity index (χ4n) is 10.5. The van der Waals surface area contributed by atoms with E-state index in [2.05, 4.69) is 61.8 Å². The van der Waals surface area contributed by atoms with Crippen molar-refractivity contribution in [3.8, 4) is 17.2 Å². The van der Waals surface area contributed by atoms with E-state index in [-0.39, 0.29) is 109 Å². The highest BCUT2D eigenvalue weighted by molar-refractivity contribution is 5.93. The second kappa shape index (κ2) is 42.6. The van der Waals surface area contributed by atoms with Gasteiger partial charge in [-0.1, -0.05) is 53.1 Å². The summed E-state index contributed by atoms with van der Waals surface area (Å²) < 4.78 is 117. The summed E-state index contributed by atoms with van der Waals surface area (Å²) in [5.41, 5.74) is 8.43. The summed E-state index contributed by atoms with van der Waals surface area (Å²) in [4.78, 5) is 65.2. The minimum absolute atomic E-state index is 0.0152. The van der Waals surface area contributed by atoms with Crippen LogP contribution >= 0.6 is 0 Å².